The van der Waals surface area contributed by atoms with Crippen molar-refractivity contribution in [3.05, 3.63) is 22.8 Å². The Balaban J connectivity index is 2.07. The van der Waals surface area contributed by atoms with E-state index in [4.69, 9.17) is 9.97 Å². The van der Waals surface area contributed by atoms with Crippen LogP contribution in [0.2, 0.25) is 0 Å². The second kappa shape index (κ2) is 7.16. The van der Waals surface area contributed by atoms with Crippen LogP contribution in [0.25, 0.3) is 0 Å². The molecule has 0 spiro atoms. The van der Waals surface area contributed by atoms with Crippen LogP contribution in [0.3, 0.4) is 0 Å². The molecule has 1 N–H and O–H groups in total. The van der Waals surface area contributed by atoms with Crippen LogP contribution in [-0.2, 0) is 6.42 Å². The van der Waals surface area contributed by atoms with Gasteiger partial charge in [-0.05, 0) is 45.2 Å². The fraction of sp³-hybridized carbons (Fsp3) is 0.765. The maximum Gasteiger partial charge on any atom is 0.131 e. The fourth-order valence-electron chi connectivity index (χ4n) is 3.16. The van der Waals surface area contributed by atoms with Crippen LogP contribution in [0, 0.1) is 13.8 Å². The van der Waals surface area contributed by atoms with Crippen molar-refractivity contribution in [2.24, 2.45) is 0 Å². The quantitative estimate of drug-likeness (QED) is 0.890. The lowest BCUT2D eigenvalue weighted by atomic mass is 9.88. The Hall–Kier alpha value is -0.960. The molecule has 0 bridgehead atoms. The third kappa shape index (κ3) is 4.02. The van der Waals surface area contributed by atoms with E-state index in [1.807, 2.05) is 0 Å². The topological polar surface area (TPSA) is 37.8 Å². The number of rotatable bonds is 5. The first-order valence-electron chi connectivity index (χ1n) is 8.15. The van der Waals surface area contributed by atoms with E-state index in [1.165, 1.54) is 49.1 Å². The molecule has 0 radical (unpaired) electrons. The number of aryl methyl sites for hydroxylation is 2. The van der Waals surface area contributed by atoms with Gasteiger partial charge in [-0.1, -0.05) is 33.1 Å². The van der Waals surface area contributed by atoms with Gasteiger partial charge in [0.05, 0.1) is 0 Å². The van der Waals surface area contributed by atoms with Crippen LogP contribution >= 0.6 is 0 Å². The van der Waals surface area contributed by atoms with E-state index in [0.29, 0.717) is 12.0 Å². The molecule has 2 rings (SSSR count). The molecule has 1 aliphatic carbocycles. The van der Waals surface area contributed by atoms with Crippen molar-refractivity contribution in [2.45, 2.75) is 78.2 Å². The summed E-state index contributed by atoms with van der Waals surface area (Å²) < 4.78 is 0. The highest BCUT2D eigenvalue weighted by molar-refractivity contribution is 5.25. The maximum atomic E-state index is 4.82. The lowest BCUT2D eigenvalue weighted by molar-refractivity contribution is 0.427. The molecule has 0 amide bonds. The average molecular weight is 275 g/mol. The van der Waals surface area contributed by atoms with Gasteiger partial charge in [-0.3, -0.25) is 0 Å². The number of nitrogens with one attached hydrogen (secondary N) is 1. The zero-order valence-electron chi connectivity index (χ0n) is 13.5. The molecule has 0 aromatic carbocycles. The minimum absolute atomic E-state index is 0.540. The lowest BCUT2D eigenvalue weighted by Gasteiger charge is -2.22. The predicted molar refractivity (Wildman–Crippen MR) is 84.2 cm³/mol. The Morgan fingerprint density at radius 1 is 1.05 bits per heavy atom. The lowest BCUT2D eigenvalue weighted by Crippen LogP contribution is -2.25. The summed E-state index contributed by atoms with van der Waals surface area (Å²) in [5, 5.41) is 3.47. The Labute approximate surface area is 123 Å². The fourth-order valence-corrected chi connectivity index (χ4v) is 3.16. The molecule has 1 aliphatic rings. The summed E-state index contributed by atoms with van der Waals surface area (Å²) in [7, 11) is 0. The smallest absolute Gasteiger partial charge is 0.131 e. The van der Waals surface area contributed by atoms with E-state index < -0.39 is 0 Å². The average Bonchev–Trinajstić information content (AvgIpc) is 2.42. The van der Waals surface area contributed by atoms with Gasteiger partial charge < -0.3 is 5.32 Å². The highest BCUT2D eigenvalue weighted by Gasteiger charge is 2.19. The molecule has 0 atom stereocenters. The molecule has 1 fully saturated rings. The van der Waals surface area contributed by atoms with E-state index in [1.54, 1.807) is 0 Å². The first kappa shape index (κ1) is 15.4. The summed E-state index contributed by atoms with van der Waals surface area (Å²) in [4.78, 5) is 9.63. The van der Waals surface area contributed by atoms with Gasteiger partial charge in [-0.15, -0.1) is 0 Å². The minimum atomic E-state index is 0.540. The van der Waals surface area contributed by atoms with Gasteiger partial charge in [0.2, 0.25) is 0 Å². The molecule has 1 aromatic heterocycles. The number of nitrogens with zero attached hydrogens (tertiary/aromatic N) is 2. The molecule has 3 heteroatoms. The van der Waals surface area contributed by atoms with Crippen molar-refractivity contribution < 1.29 is 0 Å². The van der Waals surface area contributed by atoms with Crippen LogP contribution in [0.1, 0.15) is 74.6 Å². The van der Waals surface area contributed by atoms with Crippen molar-refractivity contribution in [1.29, 1.82) is 0 Å². The largest absolute Gasteiger partial charge is 0.314 e. The zero-order valence-corrected chi connectivity index (χ0v) is 13.5. The summed E-state index contributed by atoms with van der Waals surface area (Å²) in [6.07, 6.45) is 7.63. The standard InChI is InChI=1S/C17H29N3/c1-12(2)18-11-10-16-13(3)19-17(20-14(16)4)15-8-6-5-7-9-15/h12,15,18H,5-11H2,1-4H3. The van der Waals surface area contributed by atoms with Gasteiger partial charge in [0.25, 0.3) is 0 Å². The molecule has 0 saturated heterocycles. The molecule has 112 valence electrons. The SMILES string of the molecule is Cc1nc(C2CCCCC2)nc(C)c1CCNC(C)C. The van der Waals surface area contributed by atoms with E-state index >= 15 is 0 Å². The number of aromatic nitrogens is 2. The molecule has 0 aliphatic heterocycles. The third-order valence-corrected chi connectivity index (χ3v) is 4.34. The molecular weight excluding hydrogens is 246 g/mol. The van der Waals surface area contributed by atoms with Crippen molar-refractivity contribution in [3.8, 4) is 0 Å². The van der Waals surface area contributed by atoms with Crippen molar-refractivity contribution in [2.75, 3.05) is 6.54 Å². The van der Waals surface area contributed by atoms with Gasteiger partial charge >= 0.3 is 0 Å². The Kier molecular flexibility index (Phi) is 5.53. The highest BCUT2D eigenvalue weighted by atomic mass is 14.9. The monoisotopic (exact) mass is 275 g/mol. The molecule has 0 unspecified atom stereocenters. The summed E-state index contributed by atoms with van der Waals surface area (Å²) in [5.74, 6) is 1.70. The zero-order chi connectivity index (χ0) is 14.5. The van der Waals surface area contributed by atoms with Crippen LogP contribution in [0.4, 0.5) is 0 Å². The summed E-state index contributed by atoms with van der Waals surface area (Å²) in [6.45, 7) is 9.66. The Bertz CT molecular complexity index is 411. The van der Waals surface area contributed by atoms with Gasteiger partial charge in [0, 0.05) is 23.3 Å². The van der Waals surface area contributed by atoms with Crippen molar-refractivity contribution >= 4 is 0 Å². The van der Waals surface area contributed by atoms with Crippen LogP contribution in [0.5, 0.6) is 0 Å². The summed E-state index contributed by atoms with van der Waals surface area (Å²) >= 11 is 0. The van der Waals surface area contributed by atoms with Crippen LogP contribution in [-0.4, -0.2) is 22.6 Å². The highest BCUT2D eigenvalue weighted by Crippen LogP contribution is 2.31. The second-order valence-corrected chi connectivity index (χ2v) is 6.42. The molecule has 1 heterocycles. The van der Waals surface area contributed by atoms with Gasteiger partial charge in [-0.25, -0.2) is 9.97 Å². The minimum Gasteiger partial charge on any atom is -0.314 e. The van der Waals surface area contributed by atoms with Gasteiger partial charge in [0.15, 0.2) is 0 Å². The summed E-state index contributed by atoms with van der Waals surface area (Å²) in [5.41, 5.74) is 3.70. The number of hydrogen-bond acceptors (Lipinski definition) is 3. The van der Waals surface area contributed by atoms with Crippen LogP contribution < -0.4 is 5.32 Å². The van der Waals surface area contributed by atoms with E-state index in [9.17, 15) is 0 Å². The second-order valence-electron chi connectivity index (χ2n) is 6.42. The van der Waals surface area contributed by atoms with Gasteiger partial charge in [-0.2, -0.15) is 0 Å². The van der Waals surface area contributed by atoms with E-state index in [2.05, 4.69) is 33.0 Å². The van der Waals surface area contributed by atoms with Crippen molar-refractivity contribution in [3.63, 3.8) is 0 Å². The third-order valence-electron chi connectivity index (χ3n) is 4.34. The number of hydrogen-bond donors (Lipinski definition) is 1. The molecular formula is C17H29N3. The first-order valence-corrected chi connectivity index (χ1v) is 8.15. The maximum absolute atomic E-state index is 4.82. The normalized spacial score (nSPS) is 16.9. The molecule has 20 heavy (non-hydrogen) atoms. The van der Waals surface area contributed by atoms with Crippen molar-refractivity contribution in [1.82, 2.24) is 15.3 Å². The first-order chi connectivity index (χ1) is 9.58. The molecule has 1 saturated carbocycles. The Morgan fingerprint density at radius 2 is 1.65 bits per heavy atom. The van der Waals surface area contributed by atoms with E-state index in [0.717, 1.165) is 18.8 Å². The van der Waals surface area contributed by atoms with Gasteiger partial charge in [0.1, 0.15) is 5.82 Å². The Morgan fingerprint density at radius 3 is 2.20 bits per heavy atom. The van der Waals surface area contributed by atoms with Crippen LogP contribution in [0.15, 0.2) is 0 Å². The molecule has 3 nitrogen and oxygen atoms in total. The summed E-state index contributed by atoms with van der Waals surface area (Å²) in [6, 6.07) is 0.540. The molecule has 1 aromatic rings. The van der Waals surface area contributed by atoms with E-state index in [-0.39, 0.29) is 0 Å². The predicted octanol–water partition coefficient (Wildman–Crippen LogP) is 3.68.